The van der Waals surface area contributed by atoms with Crippen LogP contribution in [0.4, 0.5) is 4.79 Å². The maximum absolute atomic E-state index is 11.8. The third-order valence-corrected chi connectivity index (χ3v) is 3.76. The van der Waals surface area contributed by atoms with Crippen molar-refractivity contribution in [2.75, 3.05) is 13.1 Å². The molecule has 0 aliphatic heterocycles. The molecule has 1 unspecified atom stereocenters. The highest BCUT2D eigenvalue weighted by atomic mass is 16.6. The number of alkyl carbamates (subject to hydrolysis) is 1. The van der Waals surface area contributed by atoms with E-state index in [-0.39, 0.29) is 6.09 Å². The van der Waals surface area contributed by atoms with E-state index >= 15 is 0 Å². The molecule has 4 nitrogen and oxygen atoms in total. The third kappa shape index (κ3) is 15.9. The Morgan fingerprint density at radius 3 is 2.17 bits per heavy atom. The van der Waals surface area contributed by atoms with Crippen molar-refractivity contribution in [1.29, 1.82) is 0 Å². The Balaban J connectivity index is 3.90. The van der Waals surface area contributed by atoms with Crippen LogP contribution >= 0.6 is 0 Å². The van der Waals surface area contributed by atoms with Crippen LogP contribution in [0.15, 0.2) is 0 Å². The van der Waals surface area contributed by atoms with E-state index in [4.69, 9.17) is 4.74 Å². The van der Waals surface area contributed by atoms with Crippen LogP contribution in [0.2, 0.25) is 0 Å². The van der Waals surface area contributed by atoms with E-state index in [2.05, 4.69) is 24.5 Å². The minimum absolute atomic E-state index is 0.319. The van der Waals surface area contributed by atoms with Crippen LogP contribution in [0.5, 0.6) is 0 Å². The van der Waals surface area contributed by atoms with E-state index in [0.717, 1.165) is 13.0 Å². The normalized spacial score (nSPS) is 12.9. The lowest BCUT2D eigenvalue weighted by Gasteiger charge is -2.22. The summed E-state index contributed by atoms with van der Waals surface area (Å²) >= 11 is 0. The standard InChI is InChI=1S/C19H40N2O2/c1-6-8-10-11-12-13-15-20-17(14-9-7-2)16-21-18(22)23-19(3,4)5/h17,20H,6-16H2,1-5H3,(H,21,22). The Bertz CT molecular complexity index is 288. The van der Waals surface area contributed by atoms with Gasteiger partial charge in [0.15, 0.2) is 0 Å². The quantitative estimate of drug-likeness (QED) is 0.467. The first-order valence-electron chi connectivity index (χ1n) is 9.59. The molecule has 0 fully saturated rings. The van der Waals surface area contributed by atoms with Crippen LogP contribution in [-0.4, -0.2) is 30.8 Å². The number of hydrogen-bond acceptors (Lipinski definition) is 3. The molecule has 0 saturated carbocycles. The summed E-state index contributed by atoms with van der Waals surface area (Å²) in [5.41, 5.74) is -0.436. The molecule has 0 aliphatic carbocycles. The van der Waals surface area contributed by atoms with E-state index in [1.54, 1.807) is 0 Å². The second-order valence-corrected chi connectivity index (χ2v) is 7.44. The smallest absolute Gasteiger partial charge is 0.407 e. The van der Waals surface area contributed by atoms with Crippen molar-refractivity contribution in [3.63, 3.8) is 0 Å². The predicted molar refractivity (Wildman–Crippen MR) is 98.9 cm³/mol. The monoisotopic (exact) mass is 328 g/mol. The molecule has 0 rings (SSSR count). The summed E-state index contributed by atoms with van der Waals surface area (Å²) in [6, 6.07) is 0.345. The average Bonchev–Trinajstić information content (AvgIpc) is 2.46. The van der Waals surface area contributed by atoms with Gasteiger partial charge < -0.3 is 15.4 Å². The number of rotatable bonds is 13. The SMILES string of the molecule is CCCCCCCCNC(CCCC)CNC(=O)OC(C)(C)C. The van der Waals surface area contributed by atoms with Crippen LogP contribution in [0, 0.1) is 0 Å². The topological polar surface area (TPSA) is 50.4 Å². The van der Waals surface area contributed by atoms with E-state index in [1.165, 1.54) is 51.4 Å². The molecule has 0 radical (unpaired) electrons. The molecule has 4 heteroatoms. The molecule has 1 amide bonds. The summed E-state index contributed by atoms with van der Waals surface area (Å²) in [5.74, 6) is 0. The number of carbonyl (C=O) groups excluding carboxylic acids is 1. The van der Waals surface area contributed by atoms with Gasteiger partial charge in [0, 0.05) is 12.6 Å². The van der Waals surface area contributed by atoms with Crippen molar-refractivity contribution in [3.8, 4) is 0 Å². The number of nitrogens with one attached hydrogen (secondary N) is 2. The van der Waals surface area contributed by atoms with Gasteiger partial charge in [-0.1, -0.05) is 58.8 Å². The van der Waals surface area contributed by atoms with Crippen molar-refractivity contribution in [2.24, 2.45) is 0 Å². The first-order valence-corrected chi connectivity index (χ1v) is 9.59. The highest BCUT2D eigenvalue weighted by molar-refractivity contribution is 5.67. The maximum Gasteiger partial charge on any atom is 0.407 e. The van der Waals surface area contributed by atoms with Crippen molar-refractivity contribution in [3.05, 3.63) is 0 Å². The van der Waals surface area contributed by atoms with Crippen molar-refractivity contribution in [1.82, 2.24) is 10.6 Å². The average molecular weight is 329 g/mol. The van der Waals surface area contributed by atoms with Gasteiger partial charge in [-0.25, -0.2) is 4.79 Å². The number of ether oxygens (including phenoxy) is 1. The Morgan fingerprint density at radius 2 is 1.57 bits per heavy atom. The summed E-state index contributed by atoms with van der Waals surface area (Å²) in [5, 5.41) is 6.49. The number of carbonyl (C=O) groups is 1. The Labute approximate surface area is 144 Å². The largest absolute Gasteiger partial charge is 0.444 e. The van der Waals surface area contributed by atoms with Gasteiger partial charge in [0.25, 0.3) is 0 Å². The zero-order valence-electron chi connectivity index (χ0n) is 16.2. The molecule has 0 aromatic heterocycles. The van der Waals surface area contributed by atoms with Gasteiger partial charge in [-0.2, -0.15) is 0 Å². The minimum atomic E-state index is -0.436. The van der Waals surface area contributed by atoms with Gasteiger partial charge in [-0.05, 0) is 40.2 Å². The molecule has 2 N–H and O–H groups in total. The molecule has 0 saturated heterocycles. The van der Waals surface area contributed by atoms with Gasteiger partial charge >= 0.3 is 6.09 Å². The minimum Gasteiger partial charge on any atom is -0.444 e. The fraction of sp³-hybridized carbons (Fsp3) is 0.947. The summed E-state index contributed by atoms with van der Waals surface area (Å²) < 4.78 is 5.30. The molecular weight excluding hydrogens is 288 g/mol. The fourth-order valence-corrected chi connectivity index (χ4v) is 2.46. The van der Waals surface area contributed by atoms with Crippen molar-refractivity contribution in [2.45, 2.75) is 104 Å². The molecule has 0 aliphatic rings. The van der Waals surface area contributed by atoms with Gasteiger partial charge in [-0.3, -0.25) is 0 Å². The first kappa shape index (κ1) is 22.2. The number of unbranched alkanes of at least 4 members (excludes halogenated alkanes) is 6. The lowest BCUT2D eigenvalue weighted by atomic mass is 10.1. The highest BCUT2D eigenvalue weighted by Crippen LogP contribution is 2.07. The molecule has 0 heterocycles. The van der Waals surface area contributed by atoms with Gasteiger partial charge in [0.2, 0.25) is 0 Å². The van der Waals surface area contributed by atoms with Crippen molar-refractivity contribution < 1.29 is 9.53 Å². The van der Waals surface area contributed by atoms with Crippen LogP contribution in [0.25, 0.3) is 0 Å². The van der Waals surface area contributed by atoms with Crippen LogP contribution in [0.1, 0.15) is 92.4 Å². The first-order chi connectivity index (χ1) is 10.9. The van der Waals surface area contributed by atoms with Crippen LogP contribution < -0.4 is 10.6 Å². The summed E-state index contributed by atoms with van der Waals surface area (Å²) in [6.45, 7) is 11.8. The Kier molecular flexibility index (Phi) is 13.2. The maximum atomic E-state index is 11.8. The molecule has 0 bridgehead atoms. The van der Waals surface area contributed by atoms with Gasteiger partial charge in [-0.15, -0.1) is 0 Å². The molecule has 1 atom stereocenters. The van der Waals surface area contributed by atoms with Crippen molar-refractivity contribution >= 4 is 6.09 Å². The molecule has 0 spiro atoms. The summed E-state index contributed by atoms with van der Waals surface area (Å²) in [6.07, 6.45) is 11.0. The zero-order valence-corrected chi connectivity index (χ0v) is 16.2. The zero-order chi connectivity index (χ0) is 17.6. The summed E-state index contributed by atoms with van der Waals surface area (Å²) in [7, 11) is 0. The Morgan fingerprint density at radius 1 is 0.957 bits per heavy atom. The molecule has 23 heavy (non-hydrogen) atoms. The lowest BCUT2D eigenvalue weighted by molar-refractivity contribution is 0.0521. The summed E-state index contributed by atoms with van der Waals surface area (Å²) in [4.78, 5) is 11.8. The Hall–Kier alpha value is -0.770. The molecule has 138 valence electrons. The lowest BCUT2D eigenvalue weighted by Crippen LogP contribution is -2.43. The van der Waals surface area contributed by atoms with E-state index < -0.39 is 5.60 Å². The fourth-order valence-electron chi connectivity index (χ4n) is 2.46. The predicted octanol–water partition coefficient (Wildman–Crippen LogP) is 5.02. The van der Waals surface area contributed by atoms with Crippen LogP contribution in [-0.2, 0) is 4.74 Å². The van der Waals surface area contributed by atoms with Crippen LogP contribution in [0.3, 0.4) is 0 Å². The van der Waals surface area contributed by atoms with E-state index in [0.29, 0.717) is 12.6 Å². The molecule has 0 aromatic carbocycles. The van der Waals surface area contributed by atoms with E-state index in [1.807, 2.05) is 20.8 Å². The number of amides is 1. The third-order valence-electron chi connectivity index (χ3n) is 3.76. The van der Waals surface area contributed by atoms with Gasteiger partial charge in [0.05, 0.1) is 0 Å². The second kappa shape index (κ2) is 13.6. The highest BCUT2D eigenvalue weighted by Gasteiger charge is 2.17. The second-order valence-electron chi connectivity index (χ2n) is 7.44. The molecule has 0 aromatic rings. The number of hydrogen-bond donors (Lipinski definition) is 2. The molecular formula is C19H40N2O2. The van der Waals surface area contributed by atoms with E-state index in [9.17, 15) is 4.79 Å². The van der Waals surface area contributed by atoms with Gasteiger partial charge in [0.1, 0.15) is 5.60 Å².